The summed E-state index contributed by atoms with van der Waals surface area (Å²) in [5.41, 5.74) is 0. The monoisotopic (exact) mass is 112 g/mol. The number of amidine groups is 1. The van der Waals surface area contributed by atoms with Gasteiger partial charge < -0.3 is 5.32 Å². The van der Waals surface area contributed by atoms with Gasteiger partial charge >= 0.3 is 0 Å². The Labute approximate surface area is 49.0 Å². The Morgan fingerprint density at radius 1 is 1.50 bits per heavy atom. The molecule has 1 radical (unpaired) electrons. The van der Waals surface area contributed by atoms with Crippen molar-refractivity contribution in [2.75, 3.05) is 19.6 Å². The second-order valence-corrected chi connectivity index (χ2v) is 1.83. The van der Waals surface area contributed by atoms with Crippen molar-refractivity contribution in [1.82, 2.24) is 10.6 Å². The van der Waals surface area contributed by atoms with Gasteiger partial charge in [0.15, 0.2) is 0 Å². The smallest absolute Gasteiger partial charge is 0.0945 e. The van der Waals surface area contributed by atoms with Crippen molar-refractivity contribution in [3.63, 3.8) is 0 Å². The molecule has 0 aliphatic carbocycles. The van der Waals surface area contributed by atoms with Crippen LogP contribution in [0.25, 0.3) is 0 Å². The standard InChI is InChI=1S/C5H10N3/c6-5-1-2-7-3-4-8-5/h1-4H2,(H2,6,8). The highest BCUT2D eigenvalue weighted by atomic mass is 15.0. The first-order valence-corrected chi connectivity index (χ1v) is 2.84. The fourth-order valence-electron chi connectivity index (χ4n) is 0.677. The molecular formula is C5H10N3. The molecule has 3 heteroatoms. The third-order valence-electron chi connectivity index (χ3n) is 1.13. The summed E-state index contributed by atoms with van der Waals surface area (Å²) < 4.78 is 0. The van der Waals surface area contributed by atoms with Gasteiger partial charge in [-0.15, -0.1) is 0 Å². The molecule has 1 saturated heterocycles. The van der Waals surface area contributed by atoms with E-state index < -0.39 is 0 Å². The summed E-state index contributed by atoms with van der Waals surface area (Å²) >= 11 is 0. The first-order valence-electron chi connectivity index (χ1n) is 2.84. The first kappa shape index (κ1) is 5.56. The molecule has 0 unspecified atom stereocenters. The lowest BCUT2D eigenvalue weighted by atomic mass is 10.4. The molecule has 0 aromatic carbocycles. The quantitative estimate of drug-likeness (QED) is 0.438. The molecule has 0 aromatic heterocycles. The lowest BCUT2D eigenvalue weighted by molar-refractivity contribution is 0.705. The van der Waals surface area contributed by atoms with Crippen LogP contribution in [0.1, 0.15) is 6.42 Å². The average molecular weight is 112 g/mol. The van der Waals surface area contributed by atoms with Gasteiger partial charge in [-0.1, -0.05) is 0 Å². The topological polar surface area (TPSA) is 50.0 Å². The van der Waals surface area contributed by atoms with Crippen LogP contribution in [0.2, 0.25) is 0 Å². The summed E-state index contributed by atoms with van der Waals surface area (Å²) in [6.45, 7) is 2.53. The Balaban J connectivity index is 2.27. The van der Waals surface area contributed by atoms with E-state index in [1.54, 1.807) is 0 Å². The molecule has 1 heterocycles. The number of hydrogen-bond donors (Lipinski definition) is 2. The van der Waals surface area contributed by atoms with Gasteiger partial charge in [-0.25, -0.2) is 5.32 Å². The summed E-state index contributed by atoms with van der Waals surface area (Å²) in [4.78, 5) is 0. The predicted octanol–water partition coefficient (Wildman–Crippen LogP) is -0.439. The third-order valence-corrected chi connectivity index (χ3v) is 1.13. The van der Waals surface area contributed by atoms with Crippen molar-refractivity contribution < 1.29 is 0 Å². The van der Waals surface area contributed by atoms with Gasteiger partial charge in [0.1, 0.15) is 0 Å². The van der Waals surface area contributed by atoms with E-state index in [1.165, 1.54) is 0 Å². The molecule has 2 N–H and O–H groups in total. The van der Waals surface area contributed by atoms with Gasteiger partial charge in [0, 0.05) is 26.1 Å². The van der Waals surface area contributed by atoms with Crippen molar-refractivity contribution >= 4 is 5.84 Å². The highest BCUT2D eigenvalue weighted by molar-refractivity contribution is 5.79. The van der Waals surface area contributed by atoms with Gasteiger partial charge in [-0.2, -0.15) is 0 Å². The summed E-state index contributed by atoms with van der Waals surface area (Å²) in [6, 6.07) is 0. The van der Waals surface area contributed by atoms with Gasteiger partial charge in [-0.3, -0.25) is 5.41 Å². The molecule has 8 heavy (non-hydrogen) atoms. The van der Waals surface area contributed by atoms with Gasteiger partial charge in [0.05, 0.1) is 5.84 Å². The summed E-state index contributed by atoms with van der Waals surface area (Å²) in [7, 11) is 0. The first-order chi connectivity index (χ1) is 3.89. The van der Waals surface area contributed by atoms with Gasteiger partial charge in [0.25, 0.3) is 0 Å². The van der Waals surface area contributed by atoms with Crippen LogP contribution < -0.4 is 10.6 Å². The van der Waals surface area contributed by atoms with Crippen LogP contribution in [0.3, 0.4) is 0 Å². The predicted molar refractivity (Wildman–Crippen MR) is 32.2 cm³/mol. The van der Waals surface area contributed by atoms with Crippen LogP contribution in [0.5, 0.6) is 0 Å². The molecule has 0 saturated carbocycles. The molecule has 0 amide bonds. The maximum atomic E-state index is 7.16. The minimum atomic E-state index is 0.631. The second-order valence-electron chi connectivity index (χ2n) is 1.83. The Morgan fingerprint density at radius 3 is 3.25 bits per heavy atom. The lowest BCUT2D eigenvalue weighted by Gasteiger charge is -1.96. The summed E-state index contributed by atoms with van der Waals surface area (Å²) in [5, 5.41) is 14.2. The van der Waals surface area contributed by atoms with E-state index >= 15 is 0 Å². The number of nitrogens with zero attached hydrogens (tertiary/aromatic N) is 1. The van der Waals surface area contributed by atoms with Crippen molar-refractivity contribution in [2.24, 2.45) is 0 Å². The third kappa shape index (κ3) is 1.50. The fraction of sp³-hybridized carbons (Fsp3) is 0.800. The molecule has 0 aromatic rings. The second kappa shape index (κ2) is 2.67. The minimum absolute atomic E-state index is 0.631. The van der Waals surface area contributed by atoms with E-state index in [1.807, 2.05) is 0 Å². The number of rotatable bonds is 0. The largest absolute Gasteiger partial charge is 0.373 e. The van der Waals surface area contributed by atoms with Crippen LogP contribution in [0.4, 0.5) is 0 Å². The zero-order valence-corrected chi connectivity index (χ0v) is 4.78. The van der Waals surface area contributed by atoms with Crippen molar-refractivity contribution in [2.45, 2.75) is 6.42 Å². The van der Waals surface area contributed by atoms with Crippen LogP contribution in [-0.4, -0.2) is 25.5 Å². The average Bonchev–Trinajstić information content (AvgIpc) is 1.94. The molecule has 1 fully saturated rings. The molecule has 0 spiro atoms. The van der Waals surface area contributed by atoms with E-state index in [4.69, 9.17) is 5.41 Å². The molecule has 0 atom stereocenters. The number of hydrogen-bond acceptors (Lipinski definition) is 1. The zero-order valence-electron chi connectivity index (χ0n) is 4.78. The van der Waals surface area contributed by atoms with Gasteiger partial charge in [0.2, 0.25) is 0 Å². The molecule has 0 bridgehead atoms. The molecule has 1 aliphatic rings. The lowest BCUT2D eigenvalue weighted by Crippen LogP contribution is -2.22. The normalized spacial score (nSPS) is 21.8. The maximum absolute atomic E-state index is 7.16. The number of nitrogens with one attached hydrogen (secondary N) is 2. The molecule has 45 valence electrons. The molecular weight excluding hydrogens is 102 g/mol. The summed E-state index contributed by atoms with van der Waals surface area (Å²) in [6.07, 6.45) is 0.792. The van der Waals surface area contributed by atoms with Crippen molar-refractivity contribution in [3.05, 3.63) is 0 Å². The SMILES string of the molecule is N=C1CC[N]CCN1. The Morgan fingerprint density at radius 2 is 2.38 bits per heavy atom. The highest BCUT2D eigenvalue weighted by Crippen LogP contribution is 1.82. The Hall–Kier alpha value is -0.570. The highest BCUT2D eigenvalue weighted by Gasteiger charge is 1.99. The molecule has 3 nitrogen and oxygen atoms in total. The van der Waals surface area contributed by atoms with E-state index in [9.17, 15) is 0 Å². The van der Waals surface area contributed by atoms with E-state index in [2.05, 4.69) is 10.6 Å². The van der Waals surface area contributed by atoms with E-state index in [0.29, 0.717) is 5.84 Å². The van der Waals surface area contributed by atoms with Gasteiger partial charge in [-0.05, 0) is 0 Å². The molecule has 1 aliphatic heterocycles. The summed E-state index contributed by atoms with van der Waals surface area (Å²) in [5.74, 6) is 0.631. The Bertz CT molecular complexity index is 79.7. The van der Waals surface area contributed by atoms with Crippen molar-refractivity contribution in [3.8, 4) is 0 Å². The van der Waals surface area contributed by atoms with Crippen LogP contribution in [0, 0.1) is 5.41 Å². The fourth-order valence-corrected chi connectivity index (χ4v) is 0.677. The van der Waals surface area contributed by atoms with Crippen molar-refractivity contribution in [1.29, 1.82) is 5.41 Å². The minimum Gasteiger partial charge on any atom is -0.373 e. The maximum Gasteiger partial charge on any atom is 0.0945 e. The molecule has 1 rings (SSSR count). The van der Waals surface area contributed by atoms with E-state index in [-0.39, 0.29) is 0 Å². The van der Waals surface area contributed by atoms with Crippen LogP contribution >= 0.6 is 0 Å². The Kier molecular flexibility index (Phi) is 1.86. The zero-order chi connectivity index (χ0) is 5.82. The van der Waals surface area contributed by atoms with Crippen LogP contribution in [0.15, 0.2) is 0 Å². The van der Waals surface area contributed by atoms with Crippen LogP contribution in [-0.2, 0) is 0 Å². The van der Waals surface area contributed by atoms with E-state index in [0.717, 1.165) is 26.1 Å².